The van der Waals surface area contributed by atoms with Crippen LogP contribution in [0.2, 0.25) is 0 Å². The summed E-state index contributed by atoms with van der Waals surface area (Å²) in [6.07, 6.45) is -2.11. The van der Waals surface area contributed by atoms with E-state index in [4.69, 9.17) is 27.8 Å². The molecule has 0 aliphatic heterocycles. The molecule has 202 valence electrons. The predicted molar refractivity (Wildman–Crippen MR) is 145 cm³/mol. The summed E-state index contributed by atoms with van der Waals surface area (Å²) >= 11 is 0. The molecule has 0 amide bonds. The van der Waals surface area contributed by atoms with Crippen LogP contribution in [-0.2, 0) is 9.47 Å². The summed E-state index contributed by atoms with van der Waals surface area (Å²) in [5, 5.41) is 0.446. The van der Waals surface area contributed by atoms with Crippen molar-refractivity contribution in [3.8, 4) is 34.1 Å². The second-order valence-electron chi connectivity index (χ2n) is 8.32. The summed E-state index contributed by atoms with van der Waals surface area (Å²) < 4.78 is 32.1. The minimum absolute atomic E-state index is 0.00809. The molecule has 40 heavy (non-hydrogen) atoms. The van der Waals surface area contributed by atoms with E-state index in [0.717, 1.165) is 0 Å². The van der Waals surface area contributed by atoms with Crippen LogP contribution in [0.3, 0.4) is 0 Å². The minimum Gasteiger partial charge on any atom is -0.452 e. The molecule has 2 aromatic heterocycles. The molecular formula is C30H22O10. The number of para-hydroxylation sites is 2. The Hall–Kier alpha value is -5.38. The van der Waals surface area contributed by atoms with E-state index >= 15 is 0 Å². The van der Waals surface area contributed by atoms with Gasteiger partial charge < -0.3 is 27.8 Å². The Morgan fingerprint density at radius 3 is 1.35 bits per heavy atom. The van der Waals surface area contributed by atoms with Crippen molar-refractivity contribution in [2.24, 2.45) is 0 Å². The van der Waals surface area contributed by atoms with E-state index in [0.29, 0.717) is 11.1 Å². The Kier molecular flexibility index (Phi) is 7.32. The summed E-state index contributed by atoms with van der Waals surface area (Å²) in [6, 6.07) is 19.4. The number of hydrogen-bond donors (Lipinski definition) is 0. The third-order valence-corrected chi connectivity index (χ3v) is 5.82. The summed E-state index contributed by atoms with van der Waals surface area (Å²) in [6.45, 7) is 3.31. The number of rotatable bonds is 6. The zero-order valence-corrected chi connectivity index (χ0v) is 21.4. The Morgan fingerprint density at radius 2 is 0.975 bits per heavy atom. The van der Waals surface area contributed by atoms with Crippen LogP contribution in [0.5, 0.6) is 11.5 Å². The first kappa shape index (κ1) is 26.2. The average molecular weight is 542 g/mol. The van der Waals surface area contributed by atoms with E-state index in [2.05, 4.69) is 0 Å². The zero-order valence-electron chi connectivity index (χ0n) is 21.4. The highest BCUT2D eigenvalue weighted by atomic mass is 16.7. The van der Waals surface area contributed by atoms with Crippen LogP contribution in [0.4, 0.5) is 9.59 Å². The van der Waals surface area contributed by atoms with Gasteiger partial charge in [0.25, 0.3) is 0 Å². The lowest BCUT2D eigenvalue weighted by Crippen LogP contribution is -2.17. The fraction of sp³-hybridized carbons (Fsp3) is 0.133. The van der Waals surface area contributed by atoms with Crippen molar-refractivity contribution in [3.05, 3.63) is 93.2 Å². The monoisotopic (exact) mass is 542 g/mol. The third kappa shape index (κ3) is 5.02. The summed E-state index contributed by atoms with van der Waals surface area (Å²) in [5.74, 6) is -0.695. The Balaban J connectivity index is 1.64. The molecular weight excluding hydrogens is 520 g/mol. The lowest BCUT2D eigenvalue weighted by atomic mass is 10.0. The average Bonchev–Trinajstić information content (AvgIpc) is 2.96. The minimum atomic E-state index is -1.05. The van der Waals surface area contributed by atoms with Crippen molar-refractivity contribution in [2.75, 3.05) is 13.2 Å². The van der Waals surface area contributed by atoms with Gasteiger partial charge in [-0.2, -0.15) is 0 Å². The highest BCUT2D eigenvalue weighted by Gasteiger charge is 2.23. The standard InChI is InChI=1S/C30H22O10/c1-3-35-29(33)39-27-23(31)19-9-5-7-11-21(19)37-25(27)17-13-15-18(16-14-17)26-28(40-30(34)36-4-2)24(32)20-10-6-8-12-22(20)38-26/h5-16H,3-4H2,1-2H3. The normalized spacial score (nSPS) is 10.8. The van der Waals surface area contributed by atoms with Crippen molar-refractivity contribution >= 4 is 34.2 Å². The molecule has 0 saturated heterocycles. The molecule has 0 N–H and O–H groups in total. The van der Waals surface area contributed by atoms with E-state index in [9.17, 15) is 19.2 Å². The molecule has 0 fully saturated rings. The van der Waals surface area contributed by atoms with Crippen molar-refractivity contribution < 1.29 is 37.4 Å². The molecule has 0 aliphatic rings. The largest absolute Gasteiger partial charge is 0.514 e. The molecule has 5 rings (SSSR count). The van der Waals surface area contributed by atoms with Crippen LogP contribution in [-0.4, -0.2) is 25.5 Å². The Morgan fingerprint density at radius 1 is 0.600 bits per heavy atom. The molecule has 5 aromatic rings. The van der Waals surface area contributed by atoms with Gasteiger partial charge >= 0.3 is 12.3 Å². The van der Waals surface area contributed by atoms with Gasteiger partial charge in [-0.1, -0.05) is 48.5 Å². The molecule has 2 heterocycles. The van der Waals surface area contributed by atoms with E-state index in [1.807, 2.05) is 0 Å². The maximum atomic E-state index is 13.2. The number of carbonyl (C=O) groups is 2. The lowest BCUT2D eigenvalue weighted by molar-refractivity contribution is 0.102. The number of benzene rings is 3. The molecule has 10 heteroatoms. The van der Waals surface area contributed by atoms with Crippen LogP contribution in [0.25, 0.3) is 44.6 Å². The first-order valence-corrected chi connectivity index (χ1v) is 12.3. The van der Waals surface area contributed by atoms with Crippen LogP contribution in [0.1, 0.15) is 13.8 Å². The number of ether oxygens (including phenoxy) is 4. The predicted octanol–water partition coefficient (Wildman–Crippen LogP) is 6.30. The highest BCUT2D eigenvalue weighted by molar-refractivity contribution is 5.85. The second kappa shape index (κ2) is 11.2. The summed E-state index contributed by atoms with van der Waals surface area (Å²) in [4.78, 5) is 50.7. The maximum absolute atomic E-state index is 13.2. The fourth-order valence-corrected chi connectivity index (χ4v) is 4.05. The molecule has 3 aromatic carbocycles. The first-order valence-electron chi connectivity index (χ1n) is 12.3. The molecule has 0 unspecified atom stereocenters. The van der Waals surface area contributed by atoms with Gasteiger partial charge in [0, 0.05) is 11.1 Å². The van der Waals surface area contributed by atoms with Gasteiger partial charge in [0.05, 0.1) is 24.0 Å². The third-order valence-electron chi connectivity index (χ3n) is 5.82. The molecule has 0 spiro atoms. The lowest BCUT2D eigenvalue weighted by Gasteiger charge is -2.12. The van der Waals surface area contributed by atoms with Crippen LogP contribution in [0, 0.1) is 0 Å². The summed E-state index contributed by atoms with van der Waals surface area (Å²) in [7, 11) is 0. The van der Waals surface area contributed by atoms with Gasteiger partial charge in [0.15, 0.2) is 11.5 Å². The van der Waals surface area contributed by atoms with Crippen molar-refractivity contribution in [1.29, 1.82) is 0 Å². The molecule has 10 nitrogen and oxygen atoms in total. The van der Waals surface area contributed by atoms with Crippen LogP contribution < -0.4 is 20.3 Å². The van der Waals surface area contributed by atoms with E-state index < -0.39 is 23.2 Å². The molecule has 0 radical (unpaired) electrons. The van der Waals surface area contributed by atoms with Crippen LogP contribution >= 0.6 is 0 Å². The van der Waals surface area contributed by atoms with Gasteiger partial charge in [-0.15, -0.1) is 0 Å². The highest BCUT2D eigenvalue weighted by Crippen LogP contribution is 2.35. The quantitative estimate of drug-likeness (QED) is 0.225. The molecule has 0 bridgehead atoms. The van der Waals surface area contributed by atoms with Gasteiger partial charge in [-0.05, 0) is 38.1 Å². The van der Waals surface area contributed by atoms with Gasteiger partial charge in [0.2, 0.25) is 22.4 Å². The van der Waals surface area contributed by atoms with E-state index in [-0.39, 0.29) is 58.2 Å². The topological polar surface area (TPSA) is 131 Å². The fourth-order valence-electron chi connectivity index (χ4n) is 4.05. The SMILES string of the molecule is CCOC(=O)Oc1c(-c2ccc(-c3oc4ccccc4c(=O)c3OC(=O)OCC)cc2)oc2ccccc2c1=O. The molecule has 0 aliphatic carbocycles. The Bertz CT molecular complexity index is 1710. The van der Waals surface area contributed by atoms with Gasteiger partial charge in [-0.25, -0.2) is 9.59 Å². The van der Waals surface area contributed by atoms with Crippen molar-refractivity contribution in [1.82, 2.24) is 0 Å². The maximum Gasteiger partial charge on any atom is 0.514 e. The van der Waals surface area contributed by atoms with Crippen molar-refractivity contribution in [2.45, 2.75) is 13.8 Å². The zero-order chi connectivity index (χ0) is 28.2. The van der Waals surface area contributed by atoms with E-state index in [1.54, 1.807) is 86.6 Å². The molecule has 0 atom stereocenters. The smallest absolute Gasteiger partial charge is 0.452 e. The van der Waals surface area contributed by atoms with E-state index in [1.165, 1.54) is 0 Å². The number of carbonyl (C=O) groups excluding carboxylic acids is 2. The second-order valence-corrected chi connectivity index (χ2v) is 8.32. The molecule has 0 saturated carbocycles. The Labute approximate surface area is 226 Å². The summed E-state index contributed by atoms with van der Waals surface area (Å²) in [5.41, 5.74) is 0.213. The van der Waals surface area contributed by atoms with Crippen LogP contribution in [0.15, 0.2) is 91.2 Å². The number of fused-ring (bicyclic) bond motifs is 2. The van der Waals surface area contributed by atoms with Crippen molar-refractivity contribution in [3.63, 3.8) is 0 Å². The number of hydrogen-bond acceptors (Lipinski definition) is 10. The van der Waals surface area contributed by atoms with Gasteiger partial charge in [0.1, 0.15) is 11.2 Å². The first-order chi connectivity index (χ1) is 19.4. The van der Waals surface area contributed by atoms with Gasteiger partial charge in [-0.3, -0.25) is 9.59 Å².